The largest absolute Gasteiger partial charge is 0.573 e. The average Bonchev–Trinajstić information content (AvgIpc) is 2.67. The number of hydrogen-bond acceptors (Lipinski definition) is 4. The lowest BCUT2D eigenvalue weighted by Crippen LogP contribution is -2.32. The first-order chi connectivity index (χ1) is 15.0. The van der Waals surface area contributed by atoms with Crippen LogP contribution >= 0.6 is 11.6 Å². The summed E-state index contributed by atoms with van der Waals surface area (Å²) in [5.41, 5.74) is 0.625. The van der Waals surface area contributed by atoms with Gasteiger partial charge in [0.25, 0.3) is 5.91 Å². The molecule has 2 N–H and O–H groups in total. The molecule has 32 heavy (non-hydrogen) atoms. The van der Waals surface area contributed by atoms with E-state index in [1.54, 1.807) is 0 Å². The Bertz CT molecular complexity index is 983. The summed E-state index contributed by atoms with van der Waals surface area (Å²) in [6, 6.07) is 8.84. The van der Waals surface area contributed by atoms with Crippen LogP contribution in [0.2, 0.25) is 5.02 Å². The molecule has 2 amide bonds. The predicted octanol–water partition coefficient (Wildman–Crippen LogP) is 4.14. The Morgan fingerprint density at radius 1 is 1.06 bits per heavy atom. The summed E-state index contributed by atoms with van der Waals surface area (Å²) in [7, 11) is 0. The van der Waals surface area contributed by atoms with Crippen molar-refractivity contribution < 1.29 is 36.6 Å². The van der Waals surface area contributed by atoms with Crippen LogP contribution in [0.3, 0.4) is 0 Å². The van der Waals surface area contributed by atoms with Gasteiger partial charge in [-0.05, 0) is 29.8 Å². The number of hydrogen-bond donors (Lipinski definition) is 2. The second kappa shape index (κ2) is 11.4. The highest BCUT2D eigenvalue weighted by molar-refractivity contribution is 6.30. The maximum atomic E-state index is 13.3. The molecule has 0 aromatic heterocycles. The fourth-order valence-corrected chi connectivity index (χ4v) is 2.58. The second-order valence-electron chi connectivity index (χ2n) is 6.49. The Kier molecular flexibility index (Phi) is 8.89. The molecule has 0 aliphatic heterocycles. The van der Waals surface area contributed by atoms with Gasteiger partial charge in [0.15, 0.2) is 6.61 Å². The van der Waals surface area contributed by atoms with Crippen molar-refractivity contribution in [3.8, 4) is 11.5 Å². The van der Waals surface area contributed by atoms with Gasteiger partial charge in [-0.2, -0.15) is 0 Å². The highest BCUT2D eigenvalue weighted by atomic mass is 35.5. The fraction of sp³-hybridized carbons (Fsp3) is 0.238. The van der Waals surface area contributed by atoms with Gasteiger partial charge in [0.05, 0.1) is 11.4 Å². The first-order valence-electron chi connectivity index (χ1n) is 9.18. The third-order valence-electron chi connectivity index (χ3n) is 3.82. The van der Waals surface area contributed by atoms with E-state index in [2.05, 4.69) is 21.9 Å². The first-order valence-corrected chi connectivity index (χ1v) is 9.56. The number of benzene rings is 2. The minimum Gasteiger partial charge on any atom is -0.484 e. The molecular weight excluding hydrogens is 456 g/mol. The number of nitrogens with one attached hydrogen (secondary N) is 2. The molecule has 2 aromatic rings. The summed E-state index contributed by atoms with van der Waals surface area (Å²) in [4.78, 5) is 23.8. The van der Waals surface area contributed by atoms with Crippen molar-refractivity contribution >= 4 is 23.4 Å². The van der Waals surface area contributed by atoms with E-state index in [1.807, 2.05) is 0 Å². The fourth-order valence-electron chi connectivity index (χ4n) is 2.46. The molecule has 6 nitrogen and oxygen atoms in total. The molecule has 0 unspecified atom stereocenters. The summed E-state index contributed by atoms with van der Waals surface area (Å²) < 4.78 is 59.1. The third kappa shape index (κ3) is 9.25. The van der Waals surface area contributed by atoms with E-state index >= 15 is 0 Å². The lowest BCUT2D eigenvalue weighted by atomic mass is 10.1. The minimum atomic E-state index is -4.82. The number of carbonyl (C=O) groups is 2. The van der Waals surface area contributed by atoms with Crippen molar-refractivity contribution in [3.05, 3.63) is 71.1 Å². The Hall–Kier alpha value is -3.27. The van der Waals surface area contributed by atoms with Crippen LogP contribution in [-0.2, 0) is 16.0 Å². The van der Waals surface area contributed by atoms with Gasteiger partial charge < -0.3 is 20.1 Å². The predicted molar refractivity (Wildman–Crippen MR) is 109 cm³/mol. The van der Waals surface area contributed by atoms with Crippen molar-refractivity contribution in [1.29, 1.82) is 0 Å². The van der Waals surface area contributed by atoms with Gasteiger partial charge in [-0.1, -0.05) is 30.3 Å². The van der Waals surface area contributed by atoms with Gasteiger partial charge in [-0.25, -0.2) is 4.39 Å². The first kappa shape index (κ1) is 25.0. The molecular formula is C21H19ClF4N2O4. The summed E-state index contributed by atoms with van der Waals surface area (Å²) in [5.74, 6) is -1.91. The van der Waals surface area contributed by atoms with Crippen LogP contribution in [-0.4, -0.2) is 31.3 Å². The SMILES string of the molecule is C=C(CCNC(=O)COc1ccc(Cl)c(F)c1)NC(=O)Cc1cccc(OC(F)(F)F)c1. The molecule has 0 heterocycles. The molecule has 0 fully saturated rings. The summed E-state index contributed by atoms with van der Waals surface area (Å²) in [6.45, 7) is 3.46. The van der Waals surface area contributed by atoms with Gasteiger partial charge in [0, 0.05) is 24.7 Å². The zero-order valence-electron chi connectivity index (χ0n) is 16.6. The molecule has 0 aliphatic rings. The zero-order valence-corrected chi connectivity index (χ0v) is 17.4. The van der Waals surface area contributed by atoms with Crippen molar-refractivity contribution in [3.63, 3.8) is 0 Å². The summed E-state index contributed by atoms with van der Waals surface area (Å²) in [6.07, 6.45) is -4.80. The van der Waals surface area contributed by atoms with E-state index in [9.17, 15) is 27.2 Å². The molecule has 2 aromatic carbocycles. The van der Waals surface area contributed by atoms with Gasteiger partial charge in [0.2, 0.25) is 5.91 Å². The Labute approximate surface area is 186 Å². The Balaban J connectivity index is 1.69. The summed E-state index contributed by atoms with van der Waals surface area (Å²) in [5, 5.41) is 4.98. The zero-order chi connectivity index (χ0) is 23.7. The third-order valence-corrected chi connectivity index (χ3v) is 4.13. The number of alkyl halides is 3. The molecule has 0 bridgehead atoms. The van der Waals surface area contributed by atoms with Gasteiger partial charge in [-0.3, -0.25) is 9.59 Å². The quantitative estimate of drug-likeness (QED) is 0.508. The van der Waals surface area contributed by atoms with E-state index < -0.39 is 29.7 Å². The lowest BCUT2D eigenvalue weighted by Gasteiger charge is -2.11. The molecule has 0 spiro atoms. The van der Waals surface area contributed by atoms with Crippen LogP contribution in [0.15, 0.2) is 54.7 Å². The normalized spacial score (nSPS) is 10.9. The highest BCUT2D eigenvalue weighted by Gasteiger charge is 2.31. The van der Waals surface area contributed by atoms with Crippen molar-refractivity contribution in [2.24, 2.45) is 0 Å². The van der Waals surface area contributed by atoms with Crippen LogP contribution in [0, 0.1) is 5.82 Å². The molecule has 0 atom stereocenters. The average molecular weight is 475 g/mol. The number of rotatable bonds is 10. The number of carbonyl (C=O) groups excluding carboxylic acids is 2. The van der Waals surface area contributed by atoms with Crippen LogP contribution in [0.5, 0.6) is 11.5 Å². The number of halogens is 5. The number of amides is 2. The van der Waals surface area contributed by atoms with E-state index in [-0.39, 0.29) is 36.8 Å². The van der Waals surface area contributed by atoms with E-state index in [4.69, 9.17) is 16.3 Å². The number of ether oxygens (including phenoxy) is 2. The standard InChI is InChI=1S/C21H19ClF4N2O4/c1-13(7-8-27-20(30)12-31-15-5-6-17(22)18(23)11-15)28-19(29)10-14-3-2-4-16(9-14)32-21(24,25)26/h2-6,9,11H,1,7-8,10,12H2,(H,27,30)(H,28,29). The minimum absolute atomic E-state index is 0.0651. The van der Waals surface area contributed by atoms with Crippen LogP contribution in [0.1, 0.15) is 12.0 Å². The van der Waals surface area contributed by atoms with Crippen LogP contribution < -0.4 is 20.1 Å². The van der Waals surface area contributed by atoms with Crippen molar-refractivity contribution in [2.75, 3.05) is 13.2 Å². The maximum Gasteiger partial charge on any atom is 0.573 e. The molecule has 2 rings (SSSR count). The van der Waals surface area contributed by atoms with Crippen LogP contribution in [0.25, 0.3) is 0 Å². The molecule has 0 saturated carbocycles. The van der Waals surface area contributed by atoms with Gasteiger partial charge in [0.1, 0.15) is 17.3 Å². The Morgan fingerprint density at radius 2 is 1.81 bits per heavy atom. The molecule has 0 aliphatic carbocycles. The topological polar surface area (TPSA) is 76.7 Å². The van der Waals surface area contributed by atoms with Gasteiger partial charge >= 0.3 is 6.36 Å². The van der Waals surface area contributed by atoms with Crippen molar-refractivity contribution in [1.82, 2.24) is 10.6 Å². The molecule has 172 valence electrons. The smallest absolute Gasteiger partial charge is 0.484 e. The maximum absolute atomic E-state index is 13.3. The summed E-state index contributed by atoms with van der Waals surface area (Å²) >= 11 is 5.56. The van der Waals surface area contributed by atoms with E-state index in [0.29, 0.717) is 11.3 Å². The molecule has 0 saturated heterocycles. The highest BCUT2D eigenvalue weighted by Crippen LogP contribution is 2.23. The van der Waals surface area contributed by atoms with E-state index in [0.717, 1.165) is 18.2 Å². The Morgan fingerprint density at radius 3 is 2.50 bits per heavy atom. The van der Waals surface area contributed by atoms with E-state index in [1.165, 1.54) is 24.3 Å². The monoisotopic (exact) mass is 474 g/mol. The van der Waals surface area contributed by atoms with Gasteiger partial charge in [-0.15, -0.1) is 13.2 Å². The van der Waals surface area contributed by atoms with Crippen LogP contribution in [0.4, 0.5) is 17.6 Å². The second-order valence-corrected chi connectivity index (χ2v) is 6.90. The molecule has 11 heteroatoms. The van der Waals surface area contributed by atoms with Crippen molar-refractivity contribution in [2.45, 2.75) is 19.2 Å². The lowest BCUT2D eigenvalue weighted by molar-refractivity contribution is -0.274. The molecule has 0 radical (unpaired) electrons.